The molecule has 23 heavy (non-hydrogen) atoms. The van der Waals surface area contributed by atoms with E-state index in [9.17, 15) is 4.79 Å². The van der Waals surface area contributed by atoms with E-state index >= 15 is 0 Å². The minimum atomic E-state index is 0.0751. The van der Waals surface area contributed by atoms with Crippen LogP contribution in [0.1, 0.15) is 28.5 Å². The zero-order valence-corrected chi connectivity index (χ0v) is 14.8. The Morgan fingerprint density at radius 3 is 2.78 bits per heavy atom. The second-order valence-electron chi connectivity index (χ2n) is 6.35. The molecule has 3 aromatic rings. The van der Waals surface area contributed by atoms with E-state index in [-0.39, 0.29) is 11.6 Å². The number of aromatic nitrogens is 2. The predicted molar refractivity (Wildman–Crippen MR) is 98.0 cm³/mol. The first-order chi connectivity index (χ1) is 11.1. The lowest BCUT2D eigenvalue weighted by Gasteiger charge is -2.07. The smallest absolute Gasteiger partial charge is 0.263 e. The first kappa shape index (κ1) is 14.8. The molecule has 2 aromatic heterocycles. The maximum Gasteiger partial charge on any atom is 0.263 e. The van der Waals surface area contributed by atoms with E-state index in [1.165, 1.54) is 10.4 Å². The van der Waals surface area contributed by atoms with Gasteiger partial charge in [0.1, 0.15) is 4.83 Å². The van der Waals surface area contributed by atoms with E-state index in [4.69, 9.17) is 12.2 Å². The van der Waals surface area contributed by atoms with Crippen LogP contribution < -0.4 is 5.56 Å². The molecule has 118 valence electrons. The Bertz CT molecular complexity index is 998. The highest BCUT2D eigenvalue weighted by Crippen LogP contribution is 2.45. The molecule has 0 amide bonds. The zero-order chi connectivity index (χ0) is 16.1. The molecular formula is C18H18N2OS2. The Morgan fingerprint density at radius 1 is 1.30 bits per heavy atom. The predicted octanol–water partition coefficient (Wildman–Crippen LogP) is 4.54. The molecule has 1 aliphatic carbocycles. The van der Waals surface area contributed by atoms with Crippen LogP contribution in [0.5, 0.6) is 0 Å². The fourth-order valence-corrected chi connectivity index (χ4v) is 4.76. The van der Waals surface area contributed by atoms with Crippen molar-refractivity contribution in [3.05, 3.63) is 61.5 Å². The van der Waals surface area contributed by atoms with Crippen LogP contribution in [-0.4, -0.2) is 9.55 Å². The second-order valence-corrected chi connectivity index (χ2v) is 7.96. The number of aromatic amines is 1. The van der Waals surface area contributed by atoms with Gasteiger partial charge in [-0.3, -0.25) is 9.36 Å². The van der Waals surface area contributed by atoms with Crippen molar-refractivity contribution in [2.75, 3.05) is 0 Å². The van der Waals surface area contributed by atoms with Gasteiger partial charge in [0.2, 0.25) is 0 Å². The average molecular weight is 342 g/mol. The highest BCUT2D eigenvalue weighted by Gasteiger charge is 2.40. The Hall–Kier alpha value is -1.72. The van der Waals surface area contributed by atoms with Crippen molar-refractivity contribution in [3.8, 4) is 0 Å². The maximum atomic E-state index is 12.9. The summed E-state index contributed by atoms with van der Waals surface area (Å²) in [6.45, 7) is 4.07. The molecule has 1 fully saturated rings. The van der Waals surface area contributed by atoms with Gasteiger partial charge in [0, 0.05) is 10.9 Å². The third kappa shape index (κ3) is 2.48. The second kappa shape index (κ2) is 5.42. The van der Waals surface area contributed by atoms with E-state index in [1.807, 2.05) is 17.6 Å². The Labute approximate surface area is 143 Å². The number of hydrogen-bond donors (Lipinski definition) is 1. The normalized spacial score (nSPS) is 20.1. The van der Waals surface area contributed by atoms with Crippen molar-refractivity contribution < 1.29 is 0 Å². The van der Waals surface area contributed by atoms with Gasteiger partial charge in [0.25, 0.3) is 5.56 Å². The van der Waals surface area contributed by atoms with Crippen LogP contribution in [0.15, 0.2) is 35.1 Å². The molecule has 0 aliphatic heterocycles. The maximum absolute atomic E-state index is 12.9. The molecule has 2 heterocycles. The number of nitrogens with zero attached hydrogens (tertiary/aromatic N) is 1. The molecule has 5 heteroatoms. The molecule has 0 bridgehead atoms. The molecule has 1 aromatic carbocycles. The van der Waals surface area contributed by atoms with Crippen LogP contribution in [-0.2, 0) is 6.42 Å². The standard InChI is InChI=1S/C18H18N2OS2/c1-10-11(2)23-16-15(10)17(21)20(18(22)19-16)14-9-13(14)8-12-6-4-3-5-7-12/h3-7,13-14H,8-9H2,1-2H3,(H,19,22)/t13-,14+/m1/s1. The number of fused-ring (bicyclic) bond motifs is 1. The first-order valence-electron chi connectivity index (χ1n) is 7.84. The summed E-state index contributed by atoms with van der Waals surface area (Å²) < 4.78 is 2.37. The number of aryl methyl sites for hydroxylation is 2. The average Bonchev–Trinajstić information content (AvgIpc) is 3.19. The van der Waals surface area contributed by atoms with Gasteiger partial charge in [-0.1, -0.05) is 30.3 Å². The summed E-state index contributed by atoms with van der Waals surface area (Å²) in [5, 5.41) is 0.812. The van der Waals surface area contributed by atoms with Gasteiger partial charge < -0.3 is 4.98 Å². The molecule has 3 nitrogen and oxygen atoms in total. The lowest BCUT2D eigenvalue weighted by Crippen LogP contribution is -2.22. The highest BCUT2D eigenvalue weighted by atomic mass is 32.1. The minimum Gasteiger partial charge on any atom is -0.323 e. The lowest BCUT2D eigenvalue weighted by molar-refractivity contribution is 0.618. The molecule has 1 N–H and O–H groups in total. The highest BCUT2D eigenvalue weighted by molar-refractivity contribution is 7.71. The van der Waals surface area contributed by atoms with Crippen molar-refractivity contribution in [1.29, 1.82) is 0 Å². The van der Waals surface area contributed by atoms with E-state index < -0.39 is 0 Å². The third-order valence-electron chi connectivity index (χ3n) is 4.81. The van der Waals surface area contributed by atoms with Crippen molar-refractivity contribution in [1.82, 2.24) is 9.55 Å². The molecule has 4 rings (SSSR count). The van der Waals surface area contributed by atoms with Crippen molar-refractivity contribution >= 4 is 33.8 Å². The number of benzene rings is 1. The van der Waals surface area contributed by atoms with Crippen LogP contribution in [0.25, 0.3) is 10.2 Å². The van der Waals surface area contributed by atoms with E-state index in [0.717, 1.165) is 28.6 Å². The number of hydrogen-bond acceptors (Lipinski definition) is 3. The molecule has 0 radical (unpaired) electrons. The zero-order valence-electron chi connectivity index (χ0n) is 13.1. The minimum absolute atomic E-state index is 0.0751. The fraction of sp³-hybridized carbons (Fsp3) is 0.333. The summed E-state index contributed by atoms with van der Waals surface area (Å²) in [5.74, 6) is 0.502. The van der Waals surface area contributed by atoms with Gasteiger partial charge in [0.15, 0.2) is 4.77 Å². The summed E-state index contributed by atoms with van der Waals surface area (Å²) >= 11 is 7.08. The molecule has 1 saturated carbocycles. The lowest BCUT2D eigenvalue weighted by atomic mass is 10.1. The number of rotatable bonds is 3. The number of nitrogens with one attached hydrogen (secondary N) is 1. The third-order valence-corrected chi connectivity index (χ3v) is 6.24. The molecule has 0 spiro atoms. The summed E-state index contributed by atoms with van der Waals surface area (Å²) in [5.41, 5.74) is 2.48. The van der Waals surface area contributed by atoms with Crippen LogP contribution in [0.2, 0.25) is 0 Å². The van der Waals surface area contributed by atoms with E-state index in [1.54, 1.807) is 11.3 Å². The summed E-state index contributed by atoms with van der Waals surface area (Å²) in [6.07, 6.45) is 2.03. The van der Waals surface area contributed by atoms with Gasteiger partial charge in [0.05, 0.1) is 5.39 Å². The summed E-state index contributed by atoms with van der Waals surface area (Å²) in [7, 11) is 0. The largest absolute Gasteiger partial charge is 0.323 e. The topological polar surface area (TPSA) is 37.8 Å². The number of thiophene rings is 1. The van der Waals surface area contributed by atoms with E-state index in [0.29, 0.717) is 10.7 Å². The summed E-state index contributed by atoms with van der Waals surface area (Å²) in [4.78, 5) is 18.3. The number of H-pyrrole nitrogens is 1. The molecule has 0 unspecified atom stereocenters. The van der Waals surface area contributed by atoms with Gasteiger partial charge in [-0.2, -0.15) is 0 Å². The van der Waals surface area contributed by atoms with Crippen LogP contribution >= 0.6 is 23.6 Å². The quantitative estimate of drug-likeness (QED) is 0.710. The Morgan fingerprint density at radius 2 is 2.04 bits per heavy atom. The van der Waals surface area contributed by atoms with Gasteiger partial charge >= 0.3 is 0 Å². The van der Waals surface area contributed by atoms with Crippen LogP contribution in [0.4, 0.5) is 0 Å². The van der Waals surface area contributed by atoms with Crippen molar-refractivity contribution in [2.24, 2.45) is 5.92 Å². The van der Waals surface area contributed by atoms with Crippen molar-refractivity contribution in [3.63, 3.8) is 0 Å². The fourth-order valence-electron chi connectivity index (χ4n) is 3.33. The first-order valence-corrected chi connectivity index (χ1v) is 9.07. The Kier molecular flexibility index (Phi) is 3.50. The molecule has 1 aliphatic rings. The van der Waals surface area contributed by atoms with Gasteiger partial charge in [-0.05, 0) is 56.0 Å². The SMILES string of the molecule is Cc1sc2[nH]c(=S)n([C@H]3C[C@H]3Cc3ccccc3)c(=O)c2c1C. The monoisotopic (exact) mass is 342 g/mol. The molecule has 2 atom stereocenters. The van der Waals surface area contributed by atoms with E-state index in [2.05, 4.69) is 36.2 Å². The Balaban J connectivity index is 1.72. The van der Waals surface area contributed by atoms with Gasteiger partial charge in [-0.15, -0.1) is 11.3 Å². The van der Waals surface area contributed by atoms with Crippen LogP contribution in [0.3, 0.4) is 0 Å². The molecular weight excluding hydrogens is 324 g/mol. The van der Waals surface area contributed by atoms with Crippen molar-refractivity contribution in [2.45, 2.75) is 32.7 Å². The summed E-state index contributed by atoms with van der Waals surface area (Å²) in [6, 6.07) is 10.7. The van der Waals surface area contributed by atoms with Crippen LogP contribution in [0, 0.1) is 24.5 Å². The van der Waals surface area contributed by atoms with Gasteiger partial charge in [-0.25, -0.2) is 0 Å². The molecule has 0 saturated heterocycles.